The molecule has 0 radical (unpaired) electrons. The van der Waals surface area contributed by atoms with Crippen molar-refractivity contribution in [3.05, 3.63) is 41.1 Å². The van der Waals surface area contributed by atoms with Crippen LogP contribution in [0.5, 0.6) is 0 Å². The van der Waals surface area contributed by atoms with Crippen LogP contribution in [0.2, 0.25) is 5.02 Å². The highest BCUT2D eigenvalue weighted by molar-refractivity contribution is 6.32. The van der Waals surface area contributed by atoms with Crippen molar-refractivity contribution >= 4 is 17.5 Å². The molecule has 3 heterocycles. The second-order valence-electron chi connectivity index (χ2n) is 9.21. The molecule has 3 aromatic heterocycles. The summed E-state index contributed by atoms with van der Waals surface area (Å²) in [5.41, 5.74) is 10.5. The minimum absolute atomic E-state index is 0.190. The number of anilines is 1. The average Bonchev–Trinajstić information content (AvgIpc) is 3.31. The zero-order valence-electron chi connectivity index (χ0n) is 17.8. The summed E-state index contributed by atoms with van der Waals surface area (Å²) in [6.45, 7) is 0. The number of nitrogens with zero attached hydrogens (tertiary/aromatic N) is 5. The van der Waals surface area contributed by atoms with E-state index in [1.165, 1.54) is 18.5 Å². The van der Waals surface area contributed by atoms with Gasteiger partial charge in [-0.2, -0.15) is 10.2 Å². The van der Waals surface area contributed by atoms with Crippen molar-refractivity contribution in [2.45, 2.75) is 62.9 Å². The summed E-state index contributed by atoms with van der Waals surface area (Å²) < 4.78 is 1.95. The molecule has 0 atom stereocenters. The Morgan fingerprint density at radius 2 is 2.06 bits per heavy atom. The molecular formula is C22H29ClN8. The zero-order chi connectivity index (χ0) is 21.4. The standard InChI is InChI=1S/C22H29ClN8/c1-31-19(10-14-2-3-14)17(12-27-31)20-18(23)13-25-21(29-20)28-15-4-7-22(24,8-5-15)11-16-6-9-26-30-16/h6,9,12-15H,2-5,7-8,10-11,24H2,1H3,(H,26,30)(H,25,28,29). The second-order valence-corrected chi connectivity index (χ2v) is 9.61. The normalized spacial score (nSPS) is 23.8. The summed E-state index contributed by atoms with van der Waals surface area (Å²) in [6, 6.07) is 2.30. The minimum atomic E-state index is -0.190. The van der Waals surface area contributed by atoms with E-state index in [0.717, 1.165) is 61.4 Å². The van der Waals surface area contributed by atoms with Gasteiger partial charge >= 0.3 is 0 Å². The van der Waals surface area contributed by atoms with E-state index in [4.69, 9.17) is 22.3 Å². The highest BCUT2D eigenvalue weighted by atomic mass is 35.5. The molecule has 2 fully saturated rings. The average molecular weight is 441 g/mol. The summed E-state index contributed by atoms with van der Waals surface area (Å²) in [5, 5.41) is 15.6. The van der Waals surface area contributed by atoms with Gasteiger partial charge in [-0.05, 0) is 56.9 Å². The van der Waals surface area contributed by atoms with Crippen LogP contribution in [0.1, 0.15) is 49.9 Å². The molecular weight excluding hydrogens is 412 g/mol. The van der Waals surface area contributed by atoms with Crippen LogP contribution in [-0.2, 0) is 19.9 Å². The first-order valence-corrected chi connectivity index (χ1v) is 11.4. The Labute approximate surface area is 187 Å². The zero-order valence-corrected chi connectivity index (χ0v) is 18.6. The fourth-order valence-electron chi connectivity index (χ4n) is 4.58. The summed E-state index contributed by atoms with van der Waals surface area (Å²) >= 11 is 6.50. The van der Waals surface area contributed by atoms with Crippen molar-refractivity contribution in [3.63, 3.8) is 0 Å². The molecule has 31 heavy (non-hydrogen) atoms. The van der Waals surface area contributed by atoms with Gasteiger partial charge < -0.3 is 11.1 Å². The SMILES string of the molecule is Cn1ncc(-c2nc(NC3CCC(N)(Cc4ccn[nH]4)CC3)ncc2Cl)c1CC1CC1. The molecule has 0 amide bonds. The Morgan fingerprint density at radius 1 is 1.26 bits per heavy atom. The van der Waals surface area contributed by atoms with E-state index in [-0.39, 0.29) is 5.54 Å². The molecule has 164 valence electrons. The molecule has 0 bridgehead atoms. The Bertz CT molecular complexity index is 1030. The molecule has 2 saturated carbocycles. The fraction of sp³-hybridized carbons (Fsp3) is 0.545. The summed E-state index contributed by atoms with van der Waals surface area (Å²) in [6.07, 6.45) is 13.6. The Morgan fingerprint density at radius 3 is 2.77 bits per heavy atom. The number of rotatable bonds is 7. The molecule has 9 heteroatoms. The monoisotopic (exact) mass is 440 g/mol. The van der Waals surface area contributed by atoms with Gasteiger partial charge in [0.1, 0.15) is 0 Å². The predicted molar refractivity (Wildman–Crippen MR) is 121 cm³/mol. The van der Waals surface area contributed by atoms with Crippen LogP contribution < -0.4 is 11.1 Å². The minimum Gasteiger partial charge on any atom is -0.351 e. The lowest BCUT2D eigenvalue weighted by Gasteiger charge is -2.37. The van der Waals surface area contributed by atoms with Crippen LogP contribution in [0, 0.1) is 5.92 Å². The van der Waals surface area contributed by atoms with Crippen molar-refractivity contribution in [2.24, 2.45) is 18.7 Å². The smallest absolute Gasteiger partial charge is 0.223 e. The van der Waals surface area contributed by atoms with Gasteiger partial charge in [0.05, 0.1) is 23.1 Å². The number of nitrogens with two attached hydrogens (primary N) is 1. The van der Waals surface area contributed by atoms with Crippen molar-refractivity contribution in [1.29, 1.82) is 0 Å². The third-order valence-electron chi connectivity index (χ3n) is 6.66. The van der Waals surface area contributed by atoms with Crippen molar-refractivity contribution < 1.29 is 0 Å². The van der Waals surface area contributed by atoms with Gasteiger partial charge in [0.25, 0.3) is 0 Å². The lowest BCUT2D eigenvalue weighted by atomic mass is 9.77. The molecule has 0 aromatic carbocycles. The Balaban J connectivity index is 1.27. The van der Waals surface area contributed by atoms with E-state index in [1.54, 1.807) is 12.4 Å². The van der Waals surface area contributed by atoms with Crippen LogP contribution in [0.3, 0.4) is 0 Å². The van der Waals surface area contributed by atoms with E-state index in [1.807, 2.05) is 24.0 Å². The number of halogens is 1. The molecule has 2 aliphatic carbocycles. The molecule has 0 spiro atoms. The van der Waals surface area contributed by atoms with E-state index >= 15 is 0 Å². The number of hydrogen-bond donors (Lipinski definition) is 3. The highest BCUT2D eigenvalue weighted by Crippen LogP contribution is 2.37. The molecule has 3 aromatic rings. The number of aromatic amines is 1. The van der Waals surface area contributed by atoms with E-state index in [9.17, 15) is 0 Å². The molecule has 4 N–H and O–H groups in total. The van der Waals surface area contributed by atoms with Crippen LogP contribution in [0.25, 0.3) is 11.3 Å². The van der Waals surface area contributed by atoms with Crippen molar-refractivity contribution in [1.82, 2.24) is 29.9 Å². The molecule has 2 aliphatic rings. The van der Waals surface area contributed by atoms with Gasteiger partial charge in [-0.15, -0.1) is 0 Å². The quantitative estimate of drug-likeness (QED) is 0.518. The summed E-state index contributed by atoms with van der Waals surface area (Å²) in [5.74, 6) is 1.37. The lowest BCUT2D eigenvalue weighted by molar-refractivity contribution is 0.277. The Kier molecular flexibility index (Phi) is 5.44. The maximum Gasteiger partial charge on any atom is 0.223 e. The lowest BCUT2D eigenvalue weighted by Crippen LogP contribution is -2.47. The number of aryl methyl sites for hydroxylation is 1. The molecule has 0 unspecified atom stereocenters. The number of H-pyrrole nitrogens is 1. The first-order valence-electron chi connectivity index (χ1n) is 11.1. The topological polar surface area (TPSA) is 110 Å². The third kappa shape index (κ3) is 4.60. The summed E-state index contributed by atoms with van der Waals surface area (Å²) in [4.78, 5) is 9.22. The van der Waals surface area contributed by atoms with E-state index < -0.39 is 0 Å². The third-order valence-corrected chi connectivity index (χ3v) is 6.93. The first kappa shape index (κ1) is 20.5. The molecule has 8 nitrogen and oxygen atoms in total. The maximum absolute atomic E-state index is 6.66. The van der Waals surface area contributed by atoms with Gasteiger partial charge in [-0.1, -0.05) is 11.6 Å². The van der Waals surface area contributed by atoms with Gasteiger partial charge in [-0.3, -0.25) is 9.78 Å². The van der Waals surface area contributed by atoms with Gasteiger partial charge in [0.2, 0.25) is 5.95 Å². The van der Waals surface area contributed by atoms with Crippen LogP contribution >= 0.6 is 11.6 Å². The number of hydrogen-bond acceptors (Lipinski definition) is 6. The molecule has 5 rings (SSSR count). The van der Waals surface area contributed by atoms with Gasteiger partial charge in [-0.25, -0.2) is 9.97 Å². The van der Waals surface area contributed by atoms with Crippen molar-refractivity contribution in [3.8, 4) is 11.3 Å². The highest BCUT2D eigenvalue weighted by Gasteiger charge is 2.32. The van der Waals surface area contributed by atoms with Crippen LogP contribution in [0.15, 0.2) is 24.7 Å². The second kappa shape index (κ2) is 8.24. The number of nitrogens with one attached hydrogen (secondary N) is 2. The fourth-order valence-corrected chi connectivity index (χ4v) is 4.78. The number of aromatic nitrogens is 6. The summed E-state index contributed by atoms with van der Waals surface area (Å²) in [7, 11) is 1.99. The van der Waals surface area contributed by atoms with Crippen LogP contribution in [-0.4, -0.2) is 41.5 Å². The molecule has 0 aliphatic heterocycles. The van der Waals surface area contributed by atoms with Gasteiger partial charge in [0.15, 0.2) is 0 Å². The first-order chi connectivity index (χ1) is 15.0. The molecule has 0 saturated heterocycles. The predicted octanol–water partition coefficient (Wildman–Crippen LogP) is 3.50. The van der Waals surface area contributed by atoms with Crippen LogP contribution in [0.4, 0.5) is 5.95 Å². The van der Waals surface area contributed by atoms with E-state index in [0.29, 0.717) is 17.0 Å². The largest absolute Gasteiger partial charge is 0.351 e. The van der Waals surface area contributed by atoms with Gasteiger partial charge in [0, 0.05) is 48.2 Å². The Hall–Kier alpha value is -2.45. The maximum atomic E-state index is 6.66. The van der Waals surface area contributed by atoms with Crippen molar-refractivity contribution in [2.75, 3.05) is 5.32 Å². The van der Waals surface area contributed by atoms with E-state index in [2.05, 4.69) is 25.6 Å².